The number of rotatable bonds is 36. The lowest BCUT2D eigenvalue weighted by Crippen LogP contribution is -2.44. The van der Waals surface area contributed by atoms with Crippen LogP contribution in [0.5, 0.6) is 0 Å². The van der Waals surface area contributed by atoms with Crippen molar-refractivity contribution in [2.45, 2.75) is 179 Å². The van der Waals surface area contributed by atoms with Crippen LogP contribution in [0.15, 0.2) is 0 Å². The number of carbonyl (C=O) groups is 2. The first-order valence-electron chi connectivity index (χ1n) is 19.6. The molecule has 1 aliphatic carbocycles. The predicted molar refractivity (Wildman–Crippen MR) is 202 cm³/mol. The molecule has 0 unspecified atom stereocenters. The number of hydrogen-bond donors (Lipinski definition) is 4. The fraction of sp³-hybridized carbons (Fsp3) is 0.946. The SMILES string of the molecule is CCCCCCCCCCCC(=O)OC[C@H](CSC[C@H](N)CNC1(COCCCP(=O)(O)O)CC1)OC(=O)CCCCCCCCCCC. The van der Waals surface area contributed by atoms with E-state index in [0.717, 1.165) is 51.4 Å². The van der Waals surface area contributed by atoms with E-state index in [0.29, 0.717) is 50.5 Å². The van der Waals surface area contributed by atoms with Crippen molar-refractivity contribution in [1.29, 1.82) is 0 Å². The van der Waals surface area contributed by atoms with Crippen LogP contribution in [0.25, 0.3) is 0 Å². The molecule has 0 amide bonds. The van der Waals surface area contributed by atoms with Crippen LogP contribution in [-0.2, 0) is 28.4 Å². The Bertz CT molecular complexity index is 873. The highest BCUT2D eigenvalue weighted by molar-refractivity contribution is 7.99. The second-order valence-corrected chi connectivity index (χ2v) is 17.1. The first-order chi connectivity index (χ1) is 23.6. The van der Waals surface area contributed by atoms with Gasteiger partial charge in [0.05, 0.1) is 12.8 Å². The molecule has 0 aromatic rings. The Kier molecular flexibility index (Phi) is 28.2. The topological polar surface area (TPSA) is 157 Å². The summed E-state index contributed by atoms with van der Waals surface area (Å²) in [4.78, 5) is 43.1. The van der Waals surface area contributed by atoms with Gasteiger partial charge < -0.3 is 35.0 Å². The normalized spacial score (nSPS) is 15.2. The maximum Gasteiger partial charge on any atom is 0.325 e. The van der Waals surface area contributed by atoms with Crippen molar-refractivity contribution in [3.05, 3.63) is 0 Å². The van der Waals surface area contributed by atoms with Crippen LogP contribution in [0, 0.1) is 0 Å². The van der Waals surface area contributed by atoms with E-state index in [9.17, 15) is 14.2 Å². The number of thioether (sulfide) groups is 1. The van der Waals surface area contributed by atoms with Crippen LogP contribution in [0.4, 0.5) is 0 Å². The number of nitrogens with one attached hydrogen (secondary N) is 1. The molecule has 0 saturated heterocycles. The maximum absolute atomic E-state index is 12.7. The fourth-order valence-electron chi connectivity index (χ4n) is 5.70. The zero-order chi connectivity index (χ0) is 36.1. The summed E-state index contributed by atoms with van der Waals surface area (Å²) < 4.78 is 28.0. The highest BCUT2D eigenvalue weighted by Gasteiger charge is 2.42. The molecule has 0 radical (unpaired) electrons. The van der Waals surface area contributed by atoms with Crippen LogP contribution in [0.1, 0.15) is 162 Å². The van der Waals surface area contributed by atoms with Crippen LogP contribution in [0.3, 0.4) is 0 Å². The quantitative estimate of drug-likeness (QED) is 0.0280. The van der Waals surface area contributed by atoms with Gasteiger partial charge in [-0.05, 0) is 32.1 Å². The molecule has 0 spiro atoms. The van der Waals surface area contributed by atoms with Gasteiger partial charge in [0.1, 0.15) is 12.7 Å². The van der Waals surface area contributed by atoms with Gasteiger partial charge >= 0.3 is 19.5 Å². The second kappa shape index (κ2) is 29.9. The molecule has 49 heavy (non-hydrogen) atoms. The van der Waals surface area contributed by atoms with Gasteiger partial charge in [-0.3, -0.25) is 14.2 Å². The average Bonchev–Trinajstić information content (AvgIpc) is 3.83. The second-order valence-electron chi connectivity index (χ2n) is 14.2. The van der Waals surface area contributed by atoms with Gasteiger partial charge in [0.15, 0.2) is 0 Å². The molecule has 2 atom stereocenters. The first kappa shape index (κ1) is 46.3. The summed E-state index contributed by atoms with van der Waals surface area (Å²) in [5, 5.41) is 3.51. The van der Waals surface area contributed by atoms with Crippen LogP contribution in [-0.4, -0.2) is 83.4 Å². The van der Waals surface area contributed by atoms with E-state index in [1.54, 1.807) is 11.8 Å². The Morgan fingerprint density at radius 2 is 1.29 bits per heavy atom. The highest BCUT2D eigenvalue weighted by atomic mass is 32.2. The minimum absolute atomic E-state index is 0.0721. The Morgan fingerprint density at radius 1 is 0.776 bits per heavy atom. The smallest absolute Gasteiger partial charge is 0.325 e. The van der Waals surface area contributed by atoms with Crippen molar-refractivity contribution in [3.63, 3.8) is 0 Å². The molecule has 0 aliphatic heterocycles. The van der Waals surface area contributed by atoms with E-state index >= 15 is 0 Å². The number of esters is 2. The summed E-state index contributed by atoms with van der Waals surface area (Å²) in [6.07, 6.45) is 23.8. The van der Waals surface area contributed by atoms with Gasteiger partial charge in [0.25, 0.3) is 0 Å². The maximum atomic E-state index is 12.7. The molecule has 10 nitrogen and oxygen atoms in total. The minimum atomic E-state index is -3.98. The molecule has 290 valence electrons. The highest BCUT2D eigenvalue weighted by Crippen LogP contribution is 2.37. The Morgan fingerprint density at radius 3 is 1.80 bits per heavy atom. The molecule has 1 rings (SSSR count). The lowest BCUT2D eigenvalue weighted by Gasteiger charge is -2.22. The Hall–Kier alpha value is -0.680. The fourth-order valence-corrected chi connectivity index (χ4v) is 7.22. The van der Waals surface area contributed by atoms with Crippen molar-refractivity contribution in [1.82, 2.24) is 5.32 Å². The molecule has 1 saturated carbocycles. The van der Waals surface area contributed by atoms with Crippen molar-refractivity contribution < 1.29 is 38.2 Å². The number of unbranched alkanes of at least 4 members (excludes halogenated alkanes) is 16. The van der Waals surface area contributed by atoms with E-state index in [4.69, 9.17) is 29.7 Å². The zero-order valence-corrected chi connectivity index (χ0v) is 32.9. The zero-order valence-electron chi connectivity index (χ0n) is 31.1. The van der Waals surface area contributed by atoms with Crippen molar-refractivity contribution in [3.8, 4) is 0 Å². The molecule has 1 aliphatic rings. The molecule has 0 heterocycles. The summed E-state index contributed by atoms with van der Waals surface area (Å²) in [6.45, 7) is 5.95. The lowest BCUT2D eigenvalue weighted by molar-refractivity contribution is -0.157. The Balaban J connectivity index is 2.37. The third kappa shape index (κ3) is 29.6. The summed E-state index contributed by atoms with van der Waals surface area (Å²) in [5.74, 6) is 0.708. The summed E-state index contributed by atoms with van der Waals surface area (Å²) in [5.41, 5.74) is 6.29. The molecule has 0 bridgehead atoms. The van der Waals surface area contributed by atoms with E-state index in [1.807, 2.05) is 0 Å². The van der Waals surface area contributed by atoms with Crippen molar-refractivity contribution in [2.75, 3.05) is 44.0 Å². The standard InChI is InChI=1S/C37H73N2O8PS/c1-3-5-7-9-11-13-15-17-19-22-35(40)46-29-34(47-36(41)23-20-18-16-14-12-10-8-6-4-2)31-49-30-33(38)28-39-37(24-25-37)32-45-26-21-27-48(42,43)44/h33-34,39H,3-32,38H2,1-2H3,(H2,42,43,44)/t33-,34-/m1/s1. The third-order valence-corrected chi connectivity index (χ3v) is 11.2. The minimum Gasteiger partial charge on any atom is -0.462 e. The third-order valence-electron chi connectivity index (χ3n) is 9.04. The van der Waals surface area contributed by atoms with Crippen LogP contribution >= 0.6 is 19.4 Å². The van der Waals surface area contributed by atoms with E-state index in [2.05, 4.69) is 19.2 Å². The number of ether oxygens (including phenoxy) is 3. The molecule has 0 aromatic carbocycles. The molecule has 5 N–H and O–H groups in total. The van der Waals surface area contributed by atoms with Gasteiger partial charge in [-0.2, -0.15) is 11.8 Å². The number of hydrogen-bond acceptors (Lipinski definition) is 9. The predicted octanol–water partition coefficient (Wildman–Crippen LogP) is 8.05. The van der Waals surface area contributed by atoms with Gasteiger partial charge in [0, 0.05) is 49.1 Å². The van der Waals surface area contributed by atoms with Gasteiger partial charge in [-0.15, -0.1) is 0 Å². The van der Waals surface area contributed by atoms with E-state index in [-0.39, 0.29) is 36.3 Å². The first-order valence-corrected chi connectivity index (χ1v) is 22.6. The van der Waals surface area contributed by atoms with Gasteiger partial charge in [-0.1, -0.05) is 117 Å². The monoisotopic (exact) mass is 736 g/mol. The van der Waals surface area contributed by atoms with Crippen molar-refractivity contribution >= 4 is 31.3 Å². The van der Waals surface area contributed by atoms with E-state index < -0.39 is 13.7 Å². The molecular weight excluding hydrogens is 663 g/mol. The van der Waals surface area contributed by atoms with Crippen LogP contribution in [0.2, 0.25) is 0 Å². The summed E-state index contributed by atoms with van der Waals surface area (Å²) >= 11 is 1.60. The number of nitrogens with two attached hydrogens (primary N) is 1. The van der Waals surface area contributed by atoms with Gasteiger partial charge in [-0.25, -0.2) is 0 Å². The number of carbonyl (C=O) groups excluding carboxylic acids is 2. The molecule has 1 fully saturated rings. The Labute approximate surface area is 303 Å². The summed E-state index contributed by atoms with van der Waals surface area (Å²) in [6, 6.07) is -0.121. The largest absolute Gasteiger partial charge is 0.462 e. The summed E-state index contributed by atoms with van der Waals surface area (Å²) in [7, 11) is -3.98. The van der Waals surface area contributed by atoms with Crippen LogP contribution < -0.4 is 11.1 Å². The lowest BCUT2D eigenvalue weighted by atomic mass is 10.1. The molecule has 12 heteroatoms. The average molecular weight is 737 g/mol. The van der Waals surface area contributed by atoms with Crippen molar-refractivity contribution in [2.24, 2.45) is 5.73 Å². The molecular formula is C37H73N2O8PS. The van der Waals surface area contributed by atoms with E-state index in [1.165, 1.54) is 77.0 Å². The molecule has 0 aromatic heterocycles. The van der Waals surface area contributed by atoms with Gasteiger partial charge in [0.2, 0.25) is 0 Å².